The molecule has 6 nitrogen and oxygen atoms in total. The molecule has 4 rings (SSSR count). The van der Waals surface area contributed by atoms with Crippen LogP contribution in [0.2, 0.25) is 5.02 Å². The number of alkyl halides is 2. The summed E-state index contributed by atoms with van der Waals surface area (Å²) in [5.74, 6) is -0.399. The van der Waals surface area contributed by atoms with Gasteiger partial charge in [0.05, 0.1) is 0 Å². The molecule has 2 aromatic carbocycles. The Hall–Kier alpha value is -2.91. The zero-order valence-corrected chi connectivity index (χ0v) is 14.9. The van der Waals surface area contributed by atoms with Gasteiger partial charge in [-0.3, -0.25) is 4.79 Å². The number of rotatable bonds is 4. The molecular weight excluding hydrogens is 400 g/mol. The van der Waals surface area contributed by atoms with E-state index < -0.39 is 6.29 Å². The van der Waals surface area contributed by atoms with Crippen molar-refractivity contribution in [3.8, 4) is 11.5 Å². The lowest BCUT2D eigenvalue weighted by atomic mass is 10.1. The fourth-order valence-electron chi connectivity index (χ4n) is 2.43. The second-order valence-electron chi connectivity index (χ2n) is 5.52. The van der Waals surface area contributed by atoms with Gasteiger partial charge in [-0.05, 0) is 36.4 Å². The molecule has 2 heterocycles. The first kappa shape index (κ1) is 17.5. The highest BCUT2D eigenvalue weighted by Gasteiger charge is 2.43. The number of nitrogens with one attached hydrogen (secondary N) is 1. The van der Waals surface area contributed by atoms with E-state index in [9.17, 15) is 13.6 Å². The highest BCUT2D eigenvalue weighted by molar-refractivity contribution is 7.18. The van der Waals surface area contributed by atoms with Crippen molar-refractivity contribution < 1.29 is 23.0 Å². The number of hydrogen-bond acceptors (Lipinski definition) is 7. The van der Waals surface area contributed by atoms with E-state index >= 15 is 0 Å². The van der Waals surface area contributed by atoms with E-state index in [4.69, 9.17) is 17.3 Å². The Bertz CT molecular complexity index is 1040. The van der Waals surface area contributed by atoms with Crippen molar-refractivity contribution in [3.05, 3.63) is 57.9 Å². The number of ether oxygens (including phenoxy) is 2. The third-order valence-corrected chi connectivity index (χ3v) is 4.86. The van der Waals surface area contributed by atoms with Gasteiger partial charge in [0, 0.05) is 22.3 Å². The Labute approximate surface area is 160 Å². The molecule has 0 amide bonds. The minimum atomic E-state index is -3.69. The molecule has 0 bridgehead atoms. The standard InChI is InChI=1S/C17H10ClF2N3O3S/c18-9-3-1-8(2-4-9)13(24)14-15(21)23-16(27-14)22-10-5-6-11-12(7-10)26-17(19,20)25-11/h1-7H,21H2,(H,22,23). The number of nitrogens with zero attached hydrogens (tertiary/aromatic N) is 1. The molecule has 0 radical (unpaired) electrons. The zero-order valence-electron chi connectivity index (χ0n) is 13.3. The third-order valence-electron chi connectivity index (χ3n) is 3.62. The number of anilines is 3. The van der Waals surface area contributed by atoms with Gasteiger partial charge in [-0.1, -0.05) is 22.9 Å². The van der Waals surface area contributed by atoms with Gasteiger partial charge in [0.15, 0.2) is 16.6 Å². The van der Waals surface area contributed by atoms with Crippen molar-refractivity contribution in [3.63, 3.8) is 0 Å². The molecule has 0 saturated heterocycles. The summed E-state index contributed by atoms with van der Waals surface area (Å²) in [7, 11) is 0. The number of benzene rings is 2. The highest BCUT2D eigenvalue weighted by atomic mass is 35.5. The number of fused-ring (bicyclic) bond motifs is 1. The predicted octanol–water partition coefficient (Wildman–Crippen LogP) is 4.67. The van der Waals surface area contributed by atoms with Crippen LogP contribution in [0, 0.1) is 0 Å². The monoisotopic (exact) mass is 409 g/mol. The SMILES string of the molecule is Nc1nc(Nc2ccc3c(c2)OC(F)(F)O3)sc1C(=O)c1ccc(Cl)cc1. The molecule has 3 aromatic rings. The first-order valence-electron chi connectivity index (χ1n) is 7.54. The number of hydrogen-bond donors (Lipinski definition) is 2. The van der Waals surface area contributed by atoms with Crippen LogP contribution in [0.25, 0.3) is 0 Å². The third kappa shape index (κ3) is 3.51. The molecule has 0 spiro atoms. The van der Waals surface area contributed by atoms with Crippen LogP contribution in [0.4, 0.5) is 25.4 Å². The maximum absolute atomic E-state index is 13.1. The average Bonchev–Trinajstić information content (AvgIpc) is 3.12. The van der Waals surface area contributed by atoms with Crippen LogP contribution in [0.15, 0.2) is 42.5 Å². The Morgan fingerprint density at radius 3 is 2.59 bits per heavy atom. The van der Waals surface area contributed by atoms with Crippen LogP contribution in [0.3, 0.4) is 0 Å². The van der Waals surface area contributed by atoms with Crippen molar-refractivity contribution in [1.82, 2.24) is 4.98 Å². The van der Waals surface area contributed by atoms with E-state index in [2.05, 4.69) is 19.8 Å². The number of thiazole rings is 1. The fraction of sp³-hybridized carbons (Fsp3) is 0.0588. The van der Waals surface area contributed by atoms with E-state index in [1.807, 2.05) is 0 Å². The van der Waals surface area contributed by atoms with E-state index in [1.54, 1.807) is 24.3 Å². The molecule has 1 aromatic heterocycles. The highest BCUT2D eigenvalue weighted by Crippen LogP contribution is 2.43. The molecule has 10 heteroatoms. The van der Waals surface area contributed by atoms with Gasteiger partial charge in [0.1, 0.15) is 10.7 Å². The van der Waals surface area contributed by atoms with E-state index in [-0.39, 0.29) is 28.0 Å². The maximum Gasteiger partial charge on any atom is 0.586 e. The van der Waals surface area contributed by atoms with Gasteiger partial charge < -0.3 is 20.5 Å². The summed E-state index contributed by atoms with van der Waals surface area (Å²) in [6.07, 6.45) is -3.69. The summed E-state index contributed by atoms with van der Waals surface area (Å²) >= 11 is 6.87. The lowest BCUT2D eigenvalue weighted by Gasteiger charge is -2.04. The van der Waals surface area contributed by atoms with Crippen LogP contribution in [0.1, 0.15) is 15.2 Å². The molecule has 1 aliphatic rings. The Balaban J connectivity index is 1.56. The van der Waals surface area contributed by atoms with E-state index in [0.717, 1.165) is 11.3 Å². The summed E-state index contributed by atoms with van der Waals surface area (Å²) < 4.78 is 34.9. The average molecular weight is 410 g/mol. The van der Waals surface area contributed by atoms with Crippen LogP contribution in [0.5, 0.6) is 11.5 Å². The fourth-order valence-corrected chi connectivity index (χ4v) is 3.42. The Morgan fingerprint density at radius 2 is 1.85 bits per heavy atom. The minimum Gasteiger partial charge on any atom is -0.395 e. The number of ketones is 1. The number of aromatic nitrogens is 1. The Kier molecular flexibility index (Phi) is 4.12. The minimum absolute atomic E-state index is 0.0646. The van der Waals surface area contributed by atoms with Crippen LogP contribution in [-0.2, 0) is 0 Å². The first-order chi connectivity index (χ1) is 12.8. The number of nitrogens with two attached hydrogens (primary N) is 1. The molecule has 0 aliphatic carbocycles. The molecule has 0 fully saturated rings. The van der Waals surface area contributed by atoms with Gasteiger partial charge in [-0.2, -0.15) is 0 Å². The Morgan fingerprint density at radius 1 is 1.15 bits per heavy atom. The molecule has 0 atom stereocenters. The van der Waals surface area contributed by atoms with Crippen LogP contribution >= 0.6 is 22.9 Å². The summed E-state index contributed by atoms with van der Waals surface area (Å²) in [4.78, 5) is 16.9. The van der Waals surface area contributed by atoms with Gasteiger partial charge in [0.25, 0.3) is 0 Å². The summed E-state index contributed by atoms with van der Waals surface area (Å²) in [6, 6.07) is 10.6. The molecule has 1 aliphatic heterocycles. The van der Waals surface area contributed by atoms with Crippen LogP contribution in [-0.4, -0.2) is 17.1 Å². The summed E-state index contributed by atoms with van der Waals surface area (Å²) in [5.41, 5.74) is 6.71. The molecule has 27 heavy (non-hydrogen) atoms. The normalized spacial score (nSPS) is 14.2. The topological polar surface area (TPSA) is 86.5 Å². The van der Waals surface area contributed by atoms with Crippen molar-refractivity contribution in [1.29, 1.82) is 0 Å². The van der Waals surface area contributed by atoms with Gasteiger partial charge in [-0.25, -0.2) is 4.98 Å². The number of carbonyl (C=O) groups is 1. The molecule has 138 valence electrons. The van der Waals surface area contributed by atoms with Crippen molar-refractivity contribution >= 4 is 45.4 Å². The zero-order chi connectivity index (χ0) is 19.2. The molecule has 0 unspecified atom stereocenters. The summed E-state index contributed by atoms with van der Waals surface area (Å²) in [6.45, 7) is 0. The molecular formula is C17H10ClF2N3O3S. The van der Waals surface area contributed by atoms with Crippen molar-refractivity contribution in [2.24, 2.45) is 0 Å². The first-order valence-corrected chi connectivity index (χ1v) is 8.74. The van der Waals surface area contributed by atoms with Crippen molar-refractivity contribution in [2.45, 2.75) is 6.29 Å². The smallest absolute Gasteiger partial charge is 0.395 e. The lowest BCUT2D eigenvalue weighted by Crippen LogP contribution is -2.25. The van der Waals surface area contributed by atoms with Gasteiger partial charge >= 0.3 is 6.29 Å². The maximum atomic E-state index is 13.1. The van der Waals surface area contributed by atoms with E-state index in [0.29, 0.717) is 21.4 Å². The number of carbonyl (C=O) groups excluding carboxylic acids is 1. The quantitative estimate of drug-likeness (QED) is 0.609. The van der Waals surface area contributed by atoms with E-state index in [1.165, 1.54) is 18.2 Å². The van der Waals surface area contributed by atoms with Crippen LogP contribution < -0.4 is 20.5 Å². The second kappa shape index (κ2) is 6.36. The number of nitrogen functional groups attached to an aromatic ring is 1. The van der Waals surface area contributed by atoms with Gasteiger partial charge in [-0.15, -0.1) is 8.78 Å². The molecule has 0 saturated carbocycles. The summed E-state index contributed by atoms with van der Waals surface area (Å²) in [5, 5.41) is 3.75. The lowest BCUT2D eigenvalue weighted by molar-refractivity contribution is -0.286. The number of halogens is 3. The van der Waals surface area contributed by atoms with Crippen molar-refractivity contribution in [2.75, 3.05) is 11.1 Å². The van der Waals surface area contributed by atoms with Gasteiger partial charge in [0.2, 0.25) is 5.78 Å². The second-order valence-corrected chi connectivity index (χ2v) is 6.96. The molecule has 3 N–H and O–H groups in total. The largest absolute Gasteiger partial charge is 0.586 e. The predicted molar refractivity (Wildman–Crippen MR) is 97.3 cm³/mol.